The average molecular weight is 408 g/mol. The molecule has 0 bridgehead atoms. The van der Waals surface area contributed by atoms with E-state index >= 15 is 0 Å². The van der Waals surface area contributed by atoms with E-state index in [9.17, 15) is 9.59 Å². The highest BCUT2D eigenvalue weighted by atomic mass is 16.2. The van der Waals surface area contributed by atoms with Crippen molar-refractivity contribution in [1.29, 1.82) is 0 Å². The van der Waals surface area contributed by atoms with E-state index in [1.54, 1.807) is 10.7 Å². The Bertz CT molecular complexity index is 951. The predicted molar refractivity (Wildman–Crippen MR) is 119 cm³/mol. The smallest absolute Gasteiger partial charge is 0.266 e. The zero-order valence-electron chi connectivity index (χ0n) is 18.4. The van der Waals surface area contributed by atoms with Gasteiger partial charge in [-0.3, -0.25) is 9.59 Å². The Morgan fingerprint density at radius 2 is 1.80 bits per heavy atom. The molecule has 2 aromatic rings. The van der Waals surface area contributed by atoms with Gasteiger partial charge in [-0.15, -0.1) is 0 Å². The maximum absolute atomic E-state index is 13.6. The van der Waals surface area contributed by atoms with Crippen LogP contribution in [0.2, 0.25) is 0 Å². The van der Waals surface area contributed by atoms with Gasteiger partial charge < -0.3 is 5.32 Å². The van der Waals surface area contributed by atoms with Crippen LogP contribution in [0.1, 0.15) is 75.1 Å². The van der Waals surface area contributed by atoms with Crippen molar-refractivity contribution in [3.05, 3.63) is 63.6 Å². The molecule has 2 aliphatic carbocycles. The van der Waals surface area contributed by atoms with E-state index < -0.39 is 5.41 Å². The minimum absolute atomic E-state index is 0.0916. The third-order valence-electron chi connectivity index (χ3n) is 6.87. The monoisotopic (exact) mass is 407 g/mol. The lowest BCUT2D eigenvalue weighted by Gasteiger charge is -2.32. The maximum Gasteiger partial charge on any atom is 0.266 e. The molecule has 2 aliphatic rings. The van der Waals surface area contributed by atoms with Crippen LogP contribution in [0, 0.1) is 12.8 Å². The molecule has 5 nitrogen and oxygen atoms in total. The third-order valence-corrected chi connectivity index (χ3v) is 6.87. The molecular weight excluding hydrogens is 374 g/mol. The average Bonchev–Trinajstić information content (AvgIpc) is 3.45. The fourth-order valence-electron chi connectivity index (χ4n) is 4.61. The van der Waals surface area contributed by atoms with E-state index in [-0.39, 0.29) is 23.4 Å². The van der Waals surface area contributed by atoms with Crippen LogP contribution < -0.4 is 10.9 Å². The Morgan fingerprint density at radius 3 is 2.40 bits per heavy atom. The summed E-state index contributed by atoms with van der Waals surface area (Å²) in [5, 5.41) is 7.91. The summed E-state index contributed by atoms with van der Waals surface area (Å²) in [6, 6.07) is 11.7. The SMILES string of the molecule is Cc1ccc(C2(C(=O)N[C@H](Cn3nc(C4CC4)ccc3=O)C(C)C)CCCC2)cc1. The highest BCUT2D eigenvalue weighted by molar-refractivity contribution is 5.88. The van der Waals surface area contributed by atoms with Gasteiger partial charge in [-0.05, 0) is 50.2 Å². The summed E-state index contributed by atoms with van der Waals surface area (Å²) in [6.45, 7) is 6.66. The van der Waals surface area contributed by atoms with Crippen LogP contribution >= 0.6 is 0 Å². The normalized spacial score (nSPS) is 19.1. The van der Waals surface area contributed by atoms with E-state index in [0.29, 0.717) is 12.5 Å². The molecule has 0 aliphatic heterocycles. The van der Waals surface area contributed by atoms with Crippen LogP contribution in [0.5, 0.6) is 0 Å². The Hall–Kier alpha value is -2.43. The number of hydrogen-bond acceptors (Lipinski definition) is 3. The minimum atomic E-state index is -0.463. The van der Waals surface area contributed by atoms with Crippen molar-refractivity contribution < 1.29 is 4.79 Å². The second-order valence-electron chi connectivity index (χ2n) is 9.53. The Balaban J connectivity index is 1.56. The first kappa shape index (κ1) is 20.8. The summed E-state index contributed by atoms with van der Waals surface area (Å²) in [4.78, 5) is 26.0. The number of nitrogens with one attached hydrogen (secondary N) is 1. The van der Waals surface area contributed by atoms with E-state index in [1.165, 1.54) is 5.56 Å². The predicted octanol–water partition coefficient (Wildman–Crippen LogP) is 4.08. The zero-order chi connectivity index (χ0) is 21.3. The molecule has 160 valence electrons. The molecular formula is C25H33N3O2. The van der Waals surface area contributed by atoms with Crippen LogP contribution in [-0.2, 0) is 16.8 Å². The summed E-state index contributed by atoms with van der Waals surface area (Å²) >= 11 is 0. The number of amides is 1. The first-order chi connectivity index (χ1) is 14.4. The van der Waals surface area contributed by atoms with Crippen LogP contribution in [0.25, 0.3) is 0 Å². The third kappa shape index (κ3) is 4.21. The van der Waals surface area contributed by atoms with Crippen molar-refractivity contribution >= 4 is 5.91 Å². The maximum atomic E-state index is 13.6. The first-order valence-corrected chi connectivity index (χ1v) is 11.4. The van der Waals surface area contributed by atoms with Crippen molar-refractivity contribution in [1.82, 2.24) is 15.1 Å². The van der Waals surface area contributed by atoms with Crippen molar-refractivity contribution in [2.24, 2.45) is 5.92 Å². The summed E-state index contributed by atoms with van der Waals surface area (Å²) in [5.41, 5.74) is 2.74. The molecule has 1 atom stereocenters. The van der Waals surface area contributed by atoms with Crippen molar-refractivity contribution in [3.8, 4) is 0 Å². The number of carbonyl (C=O) groups excluding carboxylic acids is 1. The molecule has 2 saturated carbocycles. The molecule has 0 saturated heterocycles. The van der Waals surface area contributed by atoms with Crippen LogP contribution in [0.15, 0.2) is 41.2 Å². The van der Waals surface area contributed by atoms with E-state index in [1.807, 2.05) is 6.07 Å². The lowest BCUT2D eigenvalue weighted by Crippen LogP contribution is -2.51. The second kappa shape index (κ2) is 8.37. The number of hydrogen-bond donors (Lipinski definition) is 1. The molecule has 1 heterocycles. The minimum Gasteiger partial charge on any atom is -0.350 e. The quantitative estimate of drug-likeness (QED) is 0.752. The largest absolute Gasteiger partial charge is 0.350 e. The summed E-state index contributed by atoms with van der Waals surface area (Å²) < 4.78 is 1.55. The Labute approximate surface area is 178 Å². The van der Waals surface area contributed by atoms with Gasteiger partial charge in [0.2, 0.25) is 5.91 Å². The van der Waals surface area contributed by atoms with Crippen molar-refractivity contribution in [3.63, 3.8) is 0 Å². The summed E-state index contributed by atoms with van der Waals surface area (Å²) in [7, 11) is 0. The fourth-order valence-corrected chi connectivity index (χ4v) is 4.61. The number of benzene rings is 1. The number of carbonyl (C=O) groups is 1. The molecule has 0 radical (unpaired) electrons. The number of aromatic nitrogens is 2. The molecule has 2 fully saturated rings. The van der Waals surface area contributed by atoms with Gasteiger partial charge in [0.15, 0.2) is 0 Å². The first-order valence-electron chi connectivity index (χ1n) is 11.4. The lowest BCUT2D eigenvalue weighted by atomic mass is 9.77. The highest BCUT2D eigenvalue weighted by Crippen LogP contribution is 2.42. The summed E-state index contributed by atoms with van der Waals surface area (Å²) in [6.07, 6.45) is 6.18. The molecule has 1 N–H and O–H groups in total. The number of aryl methyl sites for hydroxylation is 1. The van der Waals surface area contributed by atoms with Crippen molar-refractivity contribution in [2.75, 3.05) is 0 Å². The highest BCUT2D eigenvalue weighted by Gasteiger charge is 2.43. The Kier molecular flexibility index (Phi) is 5.81. The van der Waals surface area contributed by atoms with Crippen LogP contribution in [-0.4, -0.2) is 21.7 Å². The molecule has 0 unspecified atom stereocenters. The fraction of sp³-hybridized carbons (Fsp3) is 0.560. The van der Waals surface area contributed by atoms with Crippen LogP contribution in [0.4, 0.5) is 0 Å². The van der Waals surface area contributed by atoms with Gasteiger partial charge in [-0.1, -0.05) is 56.5 Å². The standard InChI is InChI=1S/C25H33N3O2/c1-17(2)22(16-28-23(29)13-12-21(27-28)19-8-9-19)26-24(30)25(14-4-5-15-25)20-10-6-18(3)7-11-20/h6-7,10-13,17,19,22H,4-5,8-9,14-16H2,1-3H3,(H,26,30)/t22-/m1/s1. The van der Waals surface area contributed by atoms with E-state index in [0.717, 1.165) is 49.8 Å². The second-order valence-corrected chi connectivity index (χ2v) is 9.53. The molecule has 1 aromatic heterocycles. The lowest BCUT2D eigenvalue weighted by molar-refractivity contribution is -0.127. The van der Waals surface area contributed by atoms with E-state index in [4.69, 9.17) is 0 Å². The van der Waals surface area contributed by atoms with Gasteiger partial charge in [0.05, 0.1) is 23.7 Å². The topological polar surface area (TPSA) is 64.0 Å². The van der Waals surface area contributed by atoms with Gasteiger partial charge in [0.25, 0.3) is 5.56 Å². The number of nitrogens with zero attached hydrogens (tertiary/aromatic N) is 2. The van der Waals surface area contributed by atoms with E-state index in [2.05, 4.69) is 55.5 Å². The molecule has 0 spiro atoms. The Morgan fingerprint density at radius 1 is 1.13 bits per heavy atom. The molecule has 1 aromatic carbocycles. The molecule has 4 rings (SSSR count). The molecule has 1 amide bonds. The van der Waals surface area contributed by atoms with Crippen LogP contribution in [0.3, 0.4) is 0 Å². The van der Waals surface area contributed by atoms with Crippen molar-refractivity contribution in [2.45, 2.75) is 83.2 Å². The summed E-state index contributed by atoms with van der Waals surface area (Å²) in [5.74, 6) is 0.782. The van der Waals surface area contributed by atoms with Gasteiger partial charge in [0.1, 0.15) is 0 Å². The zero-order valence-corrected chi connectivity index (χ0v) is 18.4. The van der Waals surface area contributed by atoms with Gasteiger partial charge >= 0.3 is 0 Å². The van der Waals surface area contributed by atoms with Gasteiger partial charge in [-0.2, -0.15) is 5.10 Å². The van der Waals surface area contributed by atoms with Gasteiger partial charge in [0, 0.05) is 12.0 Å². The number of rotatable bonds is 7. The molecule has 5 heteroatoms. The van der Waals surface area contributed by atoms with Gasteiger partial charge in [-0.25, -0.2) is 4.68 Å². The molecule has 30 heavy (non-hydrogen) atoms.